The molecule has 0 spiro atoms. The summed E-state index contributed by atoms with van der Waals surface area (Å²) >= 11 is 0. The number of aryl methyl sites for hydroxylation is 1. The Morgan fingerprint density at radius 3 is 2.65 bits per heavy atom. The van der Waals surface area contributed by atoms with Crippen LogP contribution in [0, 0.1) is 0 Å². The van der Waals surface area contributed by atoms with Gasteiger partial charge in [0.05, 0.1) is 5.52 Å². The zero-order chi connectivity index (χ0) is 18.5. The van der Waals surface area contributed by atoms with Gasteiger partial charge < -0.3 is 0 Å². The molecule has 7 heteroatoms. The molecule has 0 radical (unpaired) electrons. The third-order valence-electron chi connectivity index (χ3n) is 4.01. The predicted molar refractivity (Wildman–Crippen MR) is 97.8 cm³/mol. The van der Waals surface area contributed by atoms with E-state index in [9.17, 15) is 8.78 Å². The molecule has 0 saturated heterocycles. The highest BCUT2D eigenvalue weighted by atomic mass is 19.2. The molecule has 2 N–H and O–H groups in total. The highest BCUT2D eigenvalue weighted by molar-refractivity contribution is 5.85. The summed E-state index contributed by atoms with van der Waals surface area (Å²) in [7, 11) is 0. The lowest BCUT2D eigenvalue weighted by molar-refractivity contribution is 0.539. The average Bonchev–Trinajstić information content (AvgIpc) is 3.26. The maximum absolute atomic E-state index is 13.8. The highest BCUT2D eigenvalue weighted by Gasteiger charge is 2.11. The SMILES string of the molecule is CC/C=C(F)\C(F)=C/Cc1[nH]nc2ccc(-c3n[nH]c(CCC)n3)cc12. The van der Waals surface area contributed by atoms with Crippen LogP contribution in [0.15, 0.2) is 42.0 Å². The van der Waals surface area contributed by atoms with Crippen LogP contribution >= 0.6 is 0 Å². The van der Waals surface area contributed by atoms with E-state index in [1.54, 1.807) is 6.92 Å². The zero-order valence-electron chi connectivity index (χ0n) is 14.8. The molecule has 0 aliphatic rings. The third-order valence-corrected chi connectivity index (χ3v) is 4.01. The Morgan fingerprint density at radius 2 is 1.88 bits per heavy atom. The van der Waals surface area contributed by atoms with Crippen molar-refractivity contribution < 1.29 is 8.78 Å². The van der Waals surface area contributed by atoms with Crippen molar-refractivity contribution in [1.82, 2.24) is 25.4 Å². The molecule has 0 fully saturated rings. The lowest BCUT2D eigenvalue weighted by Gasteiger charge is -1.98. The number of allylic oxidation sites excluding steroid dienone is 4. The van der Waals surface area contributed by atoms with E-state index in [1.165, 1.54) is 12.2 Å². The summed E-state index contributed by atoms with van der Waals surface area (Å²) in [5.74, 6) is -0.232. The Labute approximate surface area is 150 Å². The molecule has 3 aromatic rings. The Morgan fingerprint density at radius 1 is 1.08 bits per heavy atom. The number of benzene rings is 1. The molecule has 3 rings (SSSR count). The normalized spacial score (nSPS) is 12.9. The van der Waals surface area contributed by atoms with E-state index < -0.39 is 11.7 Å². The van der Waals surface area contributed by atoms with Crippen molar-refractivity contribution in [2.24, 2.45) is 0 Å². The number of hydrogen-bond acceptors (Lipinski definition) is 3. The molecule has 0 amide bonds. The molecule has 0 aliphatic heterocycles. The van der Waals surface area contributed by atoms with Crippen LogP contribution in [0.5, 0.6) is 0 Å². The summed E-state index contributed by atoms with van der Waals surface area (Å²) in [6.45, 7) is 3.84. The van der Waals surface area contributed by atoms with Gasteiger partial charge in [-0.25, -0.2) is 13.8 Å². The van der Waals surface area contributed by atoms with E-state index in [2.05, 4.69) is 32.3 Å². The van der Waals surface area contributed by atoms with E-state index in [-0.39, 0.29) is 6.42 Å². The summed E-state index contributed by atoms with van der Waals surface area (Å²) in [5, 5.41) is 15.1. The molecule has 0 unspecified atom stereocenters. The van der Waals surface area contributed by atoms with Gasteiger partial charge in [-0.1, -0.05) is 13.8 Å². The van der Waals surface area contributed by atoms with Gasteiger partial charge in [-0.05, 0) is 43.2 Å². The van der Waals surface area contributed by atoms with E-state index in [1.807, 2.05) is 18.2 Å². The molecule has 2 aromatic heterocycles. The molecule has 0 atom stereocenters. The van der Waals surface area contributed by atoms with E-state index >= 15 is 0 Å². The van der Waals surface area contributed by atoms with Crippen molar-refractivity contribution in [3.8, 4) is 11.4 Å². The van der Waals surface area contributed by atoms with E-state index in [0.29, 0.717) is 17.9 Å². The van der Waals surface area contributed by atoms with Gasteiger partial charge >= 0.3 is 0 Å². The quantitative estimate of drug-likeness (QED) is 0.587. The number of aromatic amines is 2. The van der Waals surface area contributed by atoms with Gasteiger partial charge in [0, 0.05) is 29.5 Å². The Balaban J connectivity index is 1.88. The summed E-state index contributed by atoms with van der Waals surface area (Å²) in [5.41, 5.74) is 2.32. The van der Waals surface area contributed by atoms with Crippen LogP contribution < -0.4 is 0 Å². The molecule has 0 bridgehead atoms. The van der Waals surface area contributed by atoms with Crippen molar-refractivity contribution in [1.29, 1.82) is 0 Å². The summed E-state index contributed by atoms with van der Waals surface area (Å²) in [4.78, 5) is 4.48. The molecule has 1 aromatic carbocycles. The smallest absolute Gasteiger partial charge is 0.181 e. The average molecular weight is 357 g/mol. The van der Waals surface area contributed by atoms with Crippen molar-refractivity contribution >= 4 is 10.9 Å². The third kappa shape index (κ3) is 3.87. The van der Waals surface area contributed by atoms with Crippen LogP contribution in [0.3, 0.4) is 0 Å². The number of nitrogens with one attached hydrogen (secondary N) is 2. The number of rotatable bonds is 7. The van der Waals surface area contributed by atoms with Gasteiger partial charge in [0.25, 0.3) is 0 Å². The molecule has 2 heterocycles. The number of H-pyrrole nitrogens is 2. The summed E-state index contributed by atoms with van der Waals surface area (Å²) in [6.07, 6.45) is 4.92. The van der Waals surface area contributed by atoms with Crippen LogP contribution in [0.25, 0.3) is 22.3 Å². The van der Waals surface area contributed by atoms with Crippen molar-refractivity contribution in [2.45, 2.75) is 39.5 Å². The summed E-state index contributed by atoms with van der Waals surface area (Å²) < 4.78 is 27.2. The van der Waals surface area contributed by atoms with Gasteiger partial charge in [0.15, 0.2) is 17.5 Å². The fraction of sp³-hybridized carbons (Fsp3) is 0.316. The molecule has 26 heavy (non-hydrogen) atoms. The largest absolute Gasteiger partial charge is 0.281 e. The van der Waals surface area contributed by atoms with Crippen LogP contribution in [0.2, 0.25) is 0 Å². The van der Waals surface area contributed by atoms with E-state index in [4.69, 9.17) is 0 Å². The fourth-order valence-corrected chi connectivity index (χ4v) is 2.70. The first-order valence-corrected chi connectivity index (χ1v) is 8.72. The second-order valence-corrected chi connectivity index (χ2v) is 6.01. The maximum atomic E-state index is 13.8. The molecule has 5 nitrogen and oxygen atoms in total. The fourth-order valence-electron chi connectivity index (χ4n) is 2.70. The monoisotopic (exact) mass is 357 g/mol. The number of hydrogen-bond donors (Lipinski definition) is 2. The number of aromatic nitrogens is 5. The Kier molecular flexibility index (Phi) is 5.55. The number of halogens is 2. The molecule has 136 valence electrons. The first kappa shape index (κ1) is 18.0. The van der Waals surface area contributed by atoms with Gasteiger partial charge in [-0.3, -0.25) is 10.2 Å². The van der Waals surface area contributed by atoms with Gasteiger partial charge in [0.1, 0.15) is 5.82 Å². The minimum Gasteiger partial charge on any atom is -0.281 e. The predicted octanol–water partition coefficient (Wildman–Crippen LogP) is 4.96. The van der Waals surface area contributed by atoms with Gasteiger partial charge in [0.2, 0.25) is 0 Å². The van der Waals surface area contributed by atoms with Crippen LogP contribution in [0.4, 0.5) is 8.78 Å². The van der Waals surface area contributed by atoms with Crippen LogP contribution in [-0.4, -0.2) is 25.4 Å². The summed E-state index contributed by atoms with van der Waals surface area (Å²) in [6, 6.07) is 5.67. The van der Waals surface area contributed by atoms with Gasteiger partial charge in [-0.2, -0.15) is 10.2 Å². The standard InChI is InChI=1S/C19H21F2N5/c1-3-5-14(20)15(21)8-10-17-13-11-12(7-9-16(13)23-24-17)19-22-18(6-4-2)25-26-19/h5,7-9,11H,3-4,6,10H2,1-2H3,(H,23,24)(H,22,25,26)/b14-5+,15-8+. The lowest BCUT2D eigenvalue weighted by Crippen LogP contribution is -1.87. The second-order valence-electron chi connectivity index (χ2n) is 6.01. The molecular formula is C19H21F2N5. The van der Waals surface area contributed by atoms with Crippen LogP contribution in [0.1, 0.15) is 38.2 Å². The Hall–Kier alpha value is -2.83. The second kappa shape index (κ2) is 8.03. The van der Waals surface area contributed by atoms with Crippen molar-refractivity contribution in [3.05, 3.63) is 53.5 Å². The van der Waals surface area contributed by atoms with E-state index in [0.717, 1.165) is 35.1 Å². The van der Waals surface area contributed by atoms with Crippen molar-refractivity contribution in [3.63, 3.8) is 0 Å². The first-order chi connectivity index (χ1) is 12.6. The number of nitrogens with zero attached hydrogens (tertiary/aromatic N) is 3. The molecule has 0 saturated carbocycles. The van der Waals surface area contributed by atoms with Gasteiger partial charge in [-0.15, -0.1) is 0 Å². The lowest BCUT2D eigenvalue weighted by atomic mass is 10.1. The van der Waals surface area contributed by atoms with Crippen LogP contribution in [-0.2, 0) is 12.8 Å². The Bertz CT molecular complexity index is 952. The topological polar surface area (TPSA) is 70.2 Å². The van der Waals surface area contributed by atoms with Crippen molar-refractivity contribution in [2.75, 3.05) is 0 Å². The highest BCUT2D eigenvalue weighted by Crippen LogP contribution is 2.24. The number of fused-ring (bicyclic) bond motifs is 1. The molecular weight excluding hydrogens is 336 g/mol. The molecule has 0 aliphatic carbocycles. The first-order valence-electron chi connectivity index (χ1n) is 8.72. The zero-order valence-corrected chi connectivity index (χ0v) is 14.8. The minimum atomic E-state index is -0.857. The minimum absolute atomic E-state index is 0.214. The maximum Gasteiger partial charge on any atom is 0.181 e.